The zero-order chi connectivity index (χ0) is 8.48. The number of carbonyl (C=O) groups is 1. The van der Waals surface area contributed by atoms with E-state index in [1.54, 1.807) is 6.92 Å². The molecular weight excluding hydrogens is 146 g/mol. The molecule has 0 bridgehead atoms. The molecule has 0 radical (unpaired) electrons. The molecule has 0 aromatic heterocycles. The first kappa shape index (κ1) is 7.88. The van der Waals surface area contributed by atoms with Crippen LogP contribution in [-0.4, -0.2) is 17.1 Å². The van der Waals surface area contributed by atoms with Crippen LogP contribution in [0.3, 0.4) is 0 Å². The van der Waals surface area contributed by atoms with E-state index in [2.05, 4.69) is 10.0 Å². The summed E-state index contributed by atoms with van der Waals surface area (Å²) in [6, 6.07) is -0.110. The zero-order valence-corrected chi connectivity index (χ0v) is 6.19. The van der Waals surface area contributed by atoms with E-state index in [0.29, 0.717) is 12.8 Å². The first-order valence-corrected chi connectivity index (χ1v) is 3.36. The van der Waals surface area contributed by atoms with Crippen molar-refractivity contribution in [1.82, 2.24) is 0 Å². The second-order valence-electron chi connectivity index (χ2n) is 3.13. The third-order valence-corrected chi connectivity index (χ3v) is 2.10. The normalized spacial score (nSPS) is 35.2. The molecule has 1 rings (SSSR count). The number of hydrogen-bond acceptors (Lipinski definition) is 2. The van der Waals surface area contributed by atoms with Crippen molar-refractivity contribution in [2.24, 2.45) is 10.5 Å². The van der Waals surface area contributed by atoms with Gasteiger partial charge in [0.1, 0.15) is 0 Å². The maximum Gasteiger partial charge on any atom is 0.309 e. The van der Waals surface area contributed by atoms with Crippen molar-refractivity contribution in [1.29, 1.82) is 0 Å². The first-order chi connectivity index (χ1) is 5.08. The van der Waals surface area contributed by atoms with E-state index in [1.807, 2.05) is 0 Å². The summed E-state index contributed by atoms with van der Waals surface area (Å²) in [5.41, 5.74) is 7.37. The molecule has 0 saturated heterocycles. The van der Waals surface area contributed by atoms with E-state index in [4.69, 9.17) is 10.6 Å². The van der Waals surface area contributed by atoms with Crippen molar-refractivity contribution in [2.45, 2.75) is 25.8 Å². The van der Waals surface area contributed by atoms with Crippen molar-refractivity contribution in [2.75, 3.05) is 0 Å². The molecule has 1 aliphatic rings. The molecule has 0 spiro atoms. The van der Waals surface area contributed by atoms with Gasteiger partial charge in [-0.15, -0.1) is 0 Å². The highest BCUT2D eigenvalue weighted by atomic mass is 16.4. The lowest BCUT2D eigenvalue weighted by atomic mass is 9.67. The predicted molar refractivity (Wildman–Crippen MR) is 37.9 cm³/mol. The minimum absolute atomic E-state index is 0.110. The molecule has 0 aromatic carbocycles. The summed E-state index contributed by atoms with van der Waals surface area (Å²) in [4.78, 5) is 13.1. The van der Waals surface area contributed by atoms with Crippen LogP contribution in [0.5, 0.6) is 0 Å². The Hall–Kier alpha value is -1.22. The SMILES string of the molecule is CC1(C(=O)O)CC(N=[N+]=[N-])C1. The van der Waals surface area contributed by atoms with Gasteiger partial charge in [0.15, 0.2) is 0 Å². The largest absolute Gasteiger partial charge is 0.481 e. The number of carboxylic acid groups (broad SMARTS) is 1. The molecule has 1 aliphatic carbocycles. The summed E-state index contributed by atoms with van der Waals surface area (Å²) in [7, 11) is 0. The van der Waals surface area contributed by atoms with Gasteiger partial charge in [0.25, 0.3) is 0 Å². The Kier molecular flexibility index (Phi) is 1.74. The summed E-state index contributed by atoms with van der Waals surface area (Å²) < 4.78 is 0. The number of nitrogens with zero attached hydrogens (tertiary/aromatic N) is 3. The predicted octanol–water partition coefficient (Wildman–Crippen LogP) is 1.55. The number of azide groups is 1. The van der Waals surface area contributed by atoms with Crippen LogP contribution in [-0.2, 0) is 4.79 Å². The molecule has 1 N–H and O–H groups in total. The monoisotopic (exact) mass is 155 g/mol. The Bertz CT molecular complexity index is 226. The summed E-state index contributed by atoms with van der Waals surface area (Å²) in [5, 5.41) is 12.1. The second kappa shape index (κ2) is 2.43. The Labute approximate surface area is 63.6 Å². The molecule has 1 saturated carbocycles. The quantitative estimate of drug-likeness (QED) is 0.372. The van der Waals surface area contributed by atoms with Crippen molar-refractivity contribution in [3.8, 4) is 0 Å². The molecule has 5 heteroatoms. The highest BCUT2D eigenvalue weighted by Gasteiger charge is 2.45. The molecule has 11 heavy (non-hydrogen) atoms. The van der Waals surface area contributed by atoms with Gasteiger partial charge in [-0.05, 0) is 25.3 Å². The maximum atomic E-state index is 10.5. The van der Waals surface area contributed by atoms with Gasteiger partial charge >= 0.3 is 5.97 Å². The highest BCUT2D eigenvalue weighted by molar-refractivity contribution is 5.75. The smallest absolute Gasteiger partial charge is 0.309 e. The van der Waals surface area contributed by atoms with Crippen LogP contribution >= 0.6 is 0 Å². The fourth-order valence-electron chi connectivity index (χ4n) is 1.31. The molecule has 1 fully saturated rings. The fraction of sp³-hybridized carbons (Fsp3) is 0.833. The minimum Gasteiger partial charge on any atom is -0.481 e. The van der Waals surface area contributed by atoms with Gasteiger partial charge in [-0.1, -0.05) is 5.11 Å². The van der Waals surface area contributed by atoms with Crippen LogP contribution in [0.25, 0.3) is 10.4 Å². The van der Waals surface area contributed by atoms with Crippen LogP contribution in [0, 0.1) is 5.41 Å². The summed E-state index contributed by atoms with van der Waals surface area (Å²) in [6.45, 7) is 1.67. The van der Waals surface area contributed by atoms with Crippen LogP contribution < -0.4 is 0 Å². The topological polar surface area (TPSA) is 86.1 Å². The highest BCUT2D eigenvalue weighted by Crippen LogP contribution is 2.42. The van der Waals surface area contributed by atoms with Crippen molar-refractivity contribution in [3.63, 3.8) is 0 Å². The van der Waals surface area contributed by atoms with E-state index >= 15 is 0 Å². The lowest BCUT2D eigenvalue weighted by Gasteiger charge is -2.38. The van der Waals surface area contributed by atoms with Gasteiger partial charge in [0.05, 0.1) is 5.41 Å². The van der Waals surface area contributed by atoms with Crippen LogP contribution in [0.1, 0.15) is 19.8 Å². The van der Waals surface area contributed by atoms with E-state index in [9.17, 15) is 4.79 Å². The standard InChI is InChI=1S/C6H9N3O2/c1-6(5(10)11)2-4(3-6)8-9-7/h4H,2-3H2,1H3,(H,10,11). The zero-order valence-electron chi connectivity index (χ0n) is 6.19. The molecule has 0 heterocycles. The second-order valence-corrected chi connectivity index (χ2v) is 3.13. The van der Waals surface area contributed by atoms with Gasteiger partial charge < -0.3 is 5.11 Å². The number of aliphatic carboxylic acids is 1. The Morgan fingerprint density at radius 1 is 1.82 bits per heavy atom. The van der Waals surface area contributed by atoms with Crippen LogP contribution in [0.2, 0.25) is 0 Å². The van der Waals surface area contributed by atoms with Gasteiger partial charge in [-0.25, -0.2) is 0 Å². The lowest BCUT2D eigenvalue weighted by Crippen LogP contribution is -2.43. The molecule has 0 aliphatic heterocycles. The number of rotatable bonds is 2. The lowest BCUT2D eigenvalue weighted by molar-refractivity contribution is -0.153. The maximum absolute atomic E-state index is 10.5. The van der Waals surface area contributed by atoms with E-state index in [-0.39, 0.29) is 6.04 Å². The Morgan fingerprint density at radius 2 is 2.36 bits per heavy atom. The van der Waals surface area contributed by atoms with E-state index < -0.39 is 11.4 Å². The Morgan fingerprint density at radius 3 is 2.73 bits per heavy atom. The van der Waals surface area contributed by atoms with Crippen LogP contribution in [0.15, 0.2) is 5.11 Å². The summed E-state index contributed by atoms with van der Waals surface area (Å²) >= 11 is 0. The van der Waals surface area contributed by atoms with E-state index in [0.717, 1.165) is 0 Å². The van der Waals surface area contributed by atoms with Gasteiger partial charge in [0, 0.05) is 11.0 Å². The number of carboxylic acids is 1. The van der Waals surface area contributed by atoms with Crippen molar-refractivity contribution >= 4 is 5.97 Å². The third-order valence-electron chi connectivity index (χ3n) is 2.10. The van der Waals surface area contributed by atoms with Crippen molar-refractivity contribution in [3.05, 3.63) is 10.4 Å². The number of hydrogen-bond donors (Lipinski definition) is 1. The summed E-state index contributed by atoms with van der Waals surface area (Å²) in [5.74, 6) is -0.804. The molecule has 0 amide bonds. The molecule has 0 atom stereocenters. The van der Waals surface area contributed by atoms with Gasteiger partial charge in [-0.2, -0.15) is 0 Å². The van der Waals surface area contributed by atoms with Gasteiger partial charge in [0.2, 0.25) is 0 Å². The van der Waals surface area contributed by atoms with E-state index in [1.165, 1.54) is 0 Å². The third kappa shape index (κ3) is 1.28. The van der Waals surface area contributed by atoms with Crippen molar-refractivity contribution < 1.29 is 9.90 Å². The molecule has 0 unspecified atom stereocenters. The average Bonchev–Trinajstić information content (AvgIpc) is 1.84. The molecule has 60 valence electrons. The average molecular weight is 155 g/mol. The van der Waals surface area contributed by atoms with Gasteiger partial charge in [-0.3, -0.25) is 4.79 Å². The first-order valence-electron chi connectivity index (χ1n) is 3.36. The molecular formula is C6H9N3O2. The molecule has 0 aromatic rings. The van der Waals surface area contributed by atoms with Crippen LogP contribution in [0.4, 0.5) is 0 Å². The fourth-order valence-corrected chi connectivity index (χ4v) is 1.31. The molecule has 5 nitrogen and oxygen atoms in total. The Balaban J connectivity index is 2.50. The minimum atomic E-state index is -0.804. The summed E-state index contributed by atoms with van der Waals surface area (Å²) in [6.07, 6.45) is 0.929.